The van der Waals surface area contributed by atoms with E-state index in [1.54, 1.807) is 24.0 Å². The number of hydrogen-bond acceptors (Lipinski definition) is 3. The van der Waals surface area contributed by atoms with Gasteiger partial charge in [-0.1, -0.05) is 0 Å². The van der Waals surface area contributed by atoms with Gasteiger partial charge in [-0.2, -0.15) is 5.26 Å². The molecule has 0 spiro atoms. The van der Waals surface area contributed by atoms with Crippen molar-refractivity contribution in [3.8, 4) is 17.3 Å². The second kappa shape index (κ2) is 5.30. The van der Waals surface area contributed by atoms with Crippen molar-refractivity contribution in [2.45, 2.75) is 13.8 Å². The van der Waals surface area contributed by atoms with Gasteiger partial charge in [0.25, 0.3) is 0 Å². The lowest BCUT2D eigenvalue weighted by Crippen LogP contribution is -2.13. The Hall–Kier alpha value is -2.41. The normalized spacial score (nSPS) is 10.2. The molecule has 4 heteroatoms. The highest BCUT2D eigenvalue weighted by Gasteiger charge is 2.13. The summed E-state index contributed by atoms with van der Waals surface area (Å²) in [5, 5.41) is 9.17. The van der Waals surface area contributed by atoms with Crippen molar-refractivity contribution in [1.82, 2.24) is 4.98 Å². The fraction of sp³-hybridized carbons (Fsp3) is 0.250. The van der Waals surface area contributed by atoms with Crippen LogP contribution in [0.1, 0.15) is 16.7 Å². The Morgan fingerprint density at radius 2 is 1.85 bits per heavy atom. The van der Waals surface area contributed by atoms with Crippen molar-refractivity contribution in [3.05, 3.63) is 46.8 Å². The molecule has 1 aromatic carbocycles. The molecule has 0 saturated carbocycles. The second-order valence-corrected chi connectivity index (χ2v) is 5.00. The molecule has 3 nitrogen and oxygen atoms in total. The zero-order valence-corrected chi connectivity index (χ0v) is 12.0. The topological polar surface area (TPSA) is 39.9 Å². The average Bonchev–Trinajstić information content (AvgIpc) is 2.41. The maximum absolute atomic E-state index is 13.4. The quantitative estimate of drug-likeness (QED) is 0.838. The predicted octanol–water partition coefficient (Wildman–Crippen LogP) is 3.44. The Morgan fingerprint density at radius 1 is 1.15 bits per heavy atom. The first kappa shape index (κ1) is 14.0. The number of anilines is 1. The molecule has 0 aliphatic rings. The summed E-state index contributed by atoms with van der Waals surface area (Å²) in [4.78, 5) is 6.37. The van der Waals surface area contributed by atoms with Crippen LogP contribution in [0.4, 0.5) is 10.2 Å². The highest BCUT2D eigenvalue weighted by molar-refractivity contribution is 5.69. The summed E-state index contributed by atoms with van der Waals surface area (Å²) in [5.41, 5.74) is 3.65. The summed E-state index contributed by atoms with van der Waals surface area (Å²) in [6.07, 6.45) is 0. The molecule has 2 aromatic rings. The van der Waals surface area contributed by atoms with Gasteiger partial charge in [-0.05, 0) is 49.2 Å². The highest BCUT2D eigenvalue weighted by Crippen LogP contribution is 2.27. The van der Waals surface area contributed by atoms with E-state index < -0.39 is 0 Å². The van der Waals surface area contributed by atoms with E-state index >= 15 is 0 Å². The van der Waals surface area contributed by atoms with Crippen LogP contribution in [0.3, 0.4) is 0 Å². The van der Waals surface area contributed by atoms with E-state index in [1.165, 1.54) is 6.07 Å². The van der Waals surface area contributed by atoms with E-state index in [2.05, 4.69) is 11.1 Å². The van der Waals surface area contributed by atoms with Crippen LogP contribution in [0.2, 0.25) is 0 Å². The monoisotopic (exact) mass is 269 g/mol. The Balaban J connectivity index is 2.65. The van der Waals surface area contributed by atoms with Gasteiger partial charge in [-0.3, -0.25) is 0 Å². The number of rotatable bonds is 2. The van der Waals surface area contributed by atoms with E-state index in [-0.39, 0.29) is 5.82 Å². The molecule has 0 aliphatic carbocycles. The standard InChI is InChI=1S/C16H16FN3/c1-10-7-12(5-6-14(10)17)15-11(2)8-13(9-18)16(19-15)20(3)4/h5-8H,1-4H3. The van der Waals surface area contributed by atoms with Gasteiger partial charge in [-0.25, -0.2) is 9.37 Å². The number of benzene rings is 1. The molecule has 1 heterocycles. The van der Waals surface area contributed by atoms with Crippen LogP contribution in [-0.4, -0.2) is 19.1 Å². The number of nitriles is 1. The minimum absolute atomic E-state index is 0.229. The molecule has 0 fully saturated rings. The zero-order valence-electron chi connectivity index (χ0n) is 12.0. The second-order valence-electron chi connectivity index (χ2n) is 5.00. The number of aryl methyl sites for hydroxylation is 2. The predicted molar refractivity (Wildman–Crippen MR) is 78.1 cm³/mol. The van der Waals surface area contributed by atoms with E-state index in [1.807, 2.05) is 27.1 Å². The van der Waals surface area contributed by atoms with Gasteiger partial charge in [-0.15, -0.1) is 0 Å². The smallest absolute Gasteiger partial charge is 0.146 e. The van der Waals surface area contributed by atoms with Gasteiger partial charge in [0.15, 0.2) is 0 Å². The molecular weight excluding hydrogens is 253 g/mol. The van der Waals surface area contributed by atoms with Crippen molar-refractivity contribution < 1.29 is 4.39 Å². The van der Waals surface area contributed by atoms with Crippen molar-refractivity contribution in [1.29, 1.82) is 5.26 Å². The number of pyridine rings is 1. The lowest BCUT2D eigenvalue weighted by molar-refractivity contribution is 0.618. The number of hydrogen-bond donors (Lipinski definition) is 0. The molecule has 0 bridgehead atoms. The van der Waals surface area contributed by atoms with Crippen LogP contribution >= 0.6 is 0 Å². The van der Waals surface area contributed by atoms with Crippen LogP contribution in [0.15, 0.2) is 24.3 Å². The molecular formula is C16H16FN3. The van der Waals surface area contributed by atoms with E-state index in [0.29, 0.717) is 16.9 Å². The molecule has 0 unspecified atom stereocenters. The molecule has 0 saturated heterocycles. The number of halogens is 1. The number of nitrogens with zero attached hydrogens (tertiary/aromatic N) is 3. The number of aromatic nitrogens is 1. The summed E-state index contributed by atoms with van der Waals surface area (Å²) in [6.45, 7) is 3.63. The summed E-state index contributed by atoms with van der Waals surface area (Å²) in [6, 6.07) is 8.90. The maximum atomic E-state index is 13.4. The van der Waals surface area contributed by atoms with Crippen molar-refractivity contribution >= 4 is 5.82 Å². The van der Waals surface area contributed by atoms with E-state index in [0.717, 1.165) is 16.8 Å². The van der Waals surface area contributed by atoms with Crippen LogP contribution < -0.4 is 4.90 Å². The zero-order chi connectivity index (χ0) is 14.9. The summed E-state index contributed by atoms with van der Waals surface area (Å²) in [5.74, 6) is 0.392. The van der Waals surface area contributed by atoms with Gasteiger partial charge in [0.2, 0.25) is 0 Å². The Bertz CT molecular complexity index is 700. The molecule has 0 atom stereocenters. The lowest BCUT2D eigenvalue weighted by Gasteiger charge is -2.16. The van der Waals surface area contributed by atoms with Crippen LogP contribution in [0, 0.1) is 31.0 Å². The molecule has 20 heavy (non-hydrogen) atoms. The Labute approximate surface area is 118 Å². The fourth-order valence-corrected chi connectivity index (χ4v) is 2.11. The van der Waals surface area contributed by atoms with Crippen LogP contribution in [0.25, 0.3) is 11.3 Å². The first-order chi connectivity index (χ1) is 9.43. The van der Waals surface area contributed by atoms with E-state index in [4.69, 9.17) is 5.26 Å². The Kier molecular flexibility index (Phi) is 3.71. The lowest BCUT2D eigenvalue weighted by atomic mass is 10.0. The third-order valence-electron chi connectivity index (χ3n) is 3.17. The molecule has 2 rings (SSSR count). The van der Waals surface area contributed by atoms with Crippen molar-refractivity contribution in [2.75, 3.05) is 19.0 Å². The molecule has 0 aliphatic heterocycles. The first-order valence-electron chi connectivity index (χ1n) is 6.29. The van der Waals surface area contributed by atoms with Gasteiger partial charge >= 0.3 is 0 Å². The molecule has 0 N–H and O–H groups in total. The largest absolute Gasteiger partial charge is 0.362 e. The third kappa shape index (κ3) is 2.48. The molecule has 102 valence electrons. The van der Waals surface area contributed by atoms with Gasteiger partial charge in [0, 0.05) is 19.7 Å². The molecule has 1 aromatic heterocycles. The first-order valence-corrected chi connectivity index (χ1v) is 6.29. The highest BCUT2D eigenvalue weighted by atomic mass is 19.1. The minimum Gasteiger partial charge on any atom is -0.362 e. The molecule has 0 amide bonds. The van der Waals surface area contributed by atoms with Crippen LogP contribution in [-0.2, 0) is 0 Å². The summed E-state index contributed by atoms with van der Waals surface area (Å²) in [7, 11) is 3.69. The SMILES string of the molecule is Cc1cc(-c2nc(N(C)C)c(C#N)cc2C)ccc1F. The fourth-order valence-electron chi connectivity index (χ4n) is 2.11. The van der Waals surface area contributed by atoms with Gasteiger partial charge < -0.3 is 4.90 Å². The Morgan fingerprint density at radius 3 is 2.40 bits per heavy atom. The minimum atomic E-state index is -0.229. The average molecular weight is 269 g/mol. The van der Waals surface area contributed by atoms with Crippen molar-refractivity contribution in [2.24, 2.45) is 0 Å². The summed E-state index contributed by atoms with van der Waals surface area (Å²) < 4.78 is 13.4. The molecule has 0 radical (unpaired) electrons. The summed E-state index contributed by atoms with van der Waals surface area (Å²) >= 11 is 0. The van der Waals surface area contributed by atoms with E-state index in [9.17, 15) is 4.39 Å². The third-order valence-corrected chi connectivity index (χ3v) is 3.17. The van der Waals surface area contributed by atoms with Gasteiger partial charge in [0.05, 0.1) is 11.3 Å². The van der Waals surface area contributed by atoms with Crippen molar-refractivity contribution in [3.63, 3.8) is 0 Å². The van der Waals surface area contributed by atoms with Gasteiger partial charge in [0.1, 0.15) is 17.7 Å². The van der Waals surface area contributed by atoms with Crippen LogP contribution in [0.5, 0.6) is 0 Å². The maximum Gasteiger partial charge on any atom is 0.146 e.